The molecule has 0 aliphatic carbocycles. The lowest BCUT2D eigenvalue weighted by atomic mass is 9.87. The first kappa shape index (κ1) is 20.7. The quantitative estimate of drug-likeness (QED) is 0.508. The molecule has 2 aromatic carbocycles. The second-order valence-corrected chi connectivity index (χ2v) is 8.44. The first-order valence-corrected chi connectivity index (χ1v) is 9.65. The van der Waals surface area contributed by atoms with Crippen LogP contribution >= 0.6 is 0 Å². The summed E-state index contributed by atoms with van der Waals surface area (Å²) < 4.78 is 5.84. The zero-order chi connectivity index (χ0) is 21.2. The van der Waals surface area contributed by atoms with Crippen molar-refractivity contribution < 1.29 is 14.2 Å². The zero-order valence-electron chi connectivity index (χ0n) is 17.5. The smallest absolute Gasteiger partial charge is 0.274 e. The summed E-state index contributed by atoms with van der Waals surface area (Å²) in [6, 6.07) is 14.8. The minimum Gasteiger partial charge on any atom is -0.415 e. The second kappa shape index (κ2) is 8.13. The molecule has 3 aromatic rings. The molecule has 7 heteroatoms. The summed E-state index contributed by atoms with van der Waals surface area (Å²) >= 11 is 0. The second-order valence-electron chi connectivity index (χ2n) is 8.44. The van der Waals surface area contributed by atoms with Gasteiger partial charge in [0.2, 0.25) is 5.89 Å². The predicted molar refractivity (Wildman–Crippen MR) is 111 cm³/mol. The fraction of sp³-hybridized carbons (Fsp3) is 0.364. The van der Waals surface area contributed by atoms with E-state index < -0.39 is 4.92 Å². The number of hydrogen-bond acceptors (Lipinski definition) is 5. The van der Waals surface area contributed by atoms with Crippen molar-refractivity contribution in [3.63, 3.8) is 0 Å². The molecule has 3 rings (SSSR count). The highest BCUT2D eigenvalue weighted by atomic mass is 16.6. The van der Waals surface area contributed by atoms with Gasteiger partial charge in [-0.2, -0.15) is 0 Å². The van der Waals surface area contributed by atoms with Gasteiger partial charge in [0.15, 0.2) is 6.04 Å². The van der Waals surface area contributed by atoms with Gasteiger partial charge in [0, 0.05) is 23.3 Å². The Kier molecular flexibility index (Phi) is 5.79. The van der Waals surface area contributed by atoms with Gasteiger partial charge in [0.25, 0.3) is 11.6 Å². The van der Waals surface area contributed by atoms with E-state index in [4.69, 9.17) is 4.42 Å². The van der Waals surface area contributed by atoms with Gasteiger partial charge in [-0.15, -0.1) is 10.2 Å². The van der Waals surface area contributed by atoms with Gasteiger partial charge in [-0.3, -0.25) is 10.1 Å². The van der Waals surface area contributed by atoms with E-state index >= 15 is 0 Å². The number of quaternary nitrogens is 1. The van der Waals surface area contributed by atoms with Crippen LogP contribution in [0, 0.1) is 10.1 Å². The Hall–Kier alpha value is -3.06. The molecule has 152 valence electrons. The van der Waals surface area contributed by atoms with Gasteiger partial charge < -0.3 is 9.32 Å². The number of nitro benzene ring substituents is 1. The Morgan fingerprint density at radius 2 is 1.69 bits per heavy atom. The highest BCUT2D eigenvalue weighted by Crippen LogP contribution is 2.23. The minimum atomic E-state index is -0.433. The number of non-ortho nitro benzene ring substituents is 1. The maximum Gasteiger partial charge on any atom is 0.274 e. The lowest BCUT2D eigenvalue weighted by Crippen LogP contribution is -3.07. The molecule has 7 nitrogen and oxygen atoms in total. The molecule has 29 heavy (non-hydrogen) atoms. The normalized spacial score (nSPS) is 13.8. The minimum absolute atomic E-state index is 0.0107. The van der Waals surface area contributed by atoms with E-state index in [1.807, 2.05) is 6.92 Å². The van der Waals surface area contributed by atoms with Gasteiger partial charge in [-0.25, -0.2) is 0 Å². The molecule has 0 amide bonds. The van der Waals surface area contributed by atoms with E-state index in [1.54, 1.807) is 12.1 Å². The van der Waals surface area contributed by atoms with Crippen molar-refractivity contribution in [2.45, 2.75) is 45.7 Å². The molecule has 1 unspecified atom stereocenters. The Labute approximate surface area is 170 Å². The maximum absolute atomic E-state index is 10.8. The topological polar surface area (TPSA) is 86.5 Å². The maximum atomic E-state index is 10.8. The van der Waals surface area contributed by atoms with Crippen LogP contribution in [0.3, 0.4) is 0 Å². The van der Waals surface area contributed by atoms with Crippen LogP contribution < -0.4 is 4.90 Å². The molecule has 0 radical (unpaired) electrons. The van der Waals surface area contributed by atoms with Gasteiger partial charge in [0.05, 0.1) is 12.0 Å². The van der Waals surface area contributed by atoms with Gasteiger partial charge in [-0.05, 0) is 30.0 Å². The molecule has 0 fully saturated rings. The van der Waals surface area contributed by atoms with Crippen molar-refractivity contribution in [3.8, 4) is 11.5 Å². The molecular formula is C22H27N4O3+. The van der Waals surface area contributed by atoms with Crippen LogP contribution in [0.25, 0.3) is 11.5 Å². The highest BCUT2D eigenvalue weighted by Gasteiger charge is 2.23. The number of benzene rings is 2. The van der Waals surface area contributed by atoms with Crippen LogP contribution in [-0.4, -0.2) is 22.2 Å². The van der Waals surface area contributed by atoms with Crippen LogP contribution in [0.2, 0.25) is 0 Å². The van der Waals surface area contributed by atoms with Crippen LogP contribution in [0.1, 0.15) is 50.8 Å². The first-order valence-electron chi connectivity index (χ1n) is 9.65. The third-order valence-electron chi connectivity index (χ3n) is 5.18. The standard InChI is InChI=1S/C22H26N4O3/c1-15(25(5)14-16-6-10-18(11-7-16)22(2,3)4)20-23-24-21(29-20)17-8-12-19(13-9-17)26(27)28/h6-13,15H,14H2,1-5H3/p+1/t15-/m1/s1. The van der Waals surface area contributed by atoms with E-state index in [2.05, 4.69) is 62.3 Å². The zero-order valence-corrected chi connectivity index (χ0v) is 17.5. The average molecular weight is 395 g/mol. The molecule has 0 saturated carbocycles. The number of nitro groups is 1. The first-order chi connectivity index (χ1) is 13.6. The summed E-state index contributed by atoms with van der Waals surface area (Å²) in [6.45, 7) is 9.51. The van der Waals surface area contributed by atoms with E-state index in [1.165, 1.54) is 28.2 Å². The Morgan fingerprint density at radius 1 is 1.07 bits per heavy atom. The summed E-state index contributed by atoms with van der Waals surface area (Å²) in [5.41, 5.74) is 3.40. The van der Waals surface area contributed by atoms with Gasteiger partial charge in [0.1, 0.15) is 6.54 Å². The van der Waals surface area contributed by atoms with Crippen LogP contribution in [0.15, 0.2) is 52.9 Å². The van der Waals surface area contributed by atoms with Crippen molar-refractivity contribution in [2.75, 3.05) is 7.05 Å². The summed E-state index contributed by atoms with van der Waals surface area (Å²) in [7, 11) is 2.10. The van der Waals surface area contributed by atoms with Gasteiger partial charge >= 0.3 is 0 Å². The molecule has 0 aliphatic heterocycles. The Morgan fingerprint density at radius 3 is 2.24 bits per heavy atom. The lowest BCUT2D eigenvalue weighted by Gasteiger charge is -2.21. The number of hydrogen-bond donors (Lipinski definition) is 1. The number of nitrogens with zero attached hydrogens (tertiary/aromatic N) is 3. The molecule has 0 saturated heterocycles. The van der Waals surface area contributed by atoms with Crippen molar-refractivity contribution in [2.24, 2.45) is 0 Å². The highest BCUT2D eigenvalue weighted by molar-refractivity contribution is 5.55. The summed E-state index contributed by atoms with van der Waals surface area (Å²) in [5, 5.41) is 19.1. The van der Waals surface area contributed by atoms with Crippen molar-refractivity contribution in [1.82, 2.24) is 10.2 Å². The summed E-state index contributed by atoms with van der Waals surface area (Å²) in [5.74, 6) is 0.909. The Balaban J connectivity index is 1.68. The fourth-order valence-corrected chi connectivity index (χ4v) is 3.06. The molecule has 1 heterocycles. The van der Waals surface area contributed by atoms with Crippen LogP contribution in [-0.2, 0) is 12.0 Å². The largest absolute Gasteiger partial charge is 0.415 e. The summed E-state index contributed by atoms with van der Waals surface area (Å²) in [4.78, 5) is 11.6. The summed E-state index contributed by atoms with van der Waals surface area (Å²) in [6.07, 6.45) is 0. The SMILES string of the molecule is C[C@H](c1nnc(-c2ccc([N+](=O)[O-])cc2)o1)[NH+](C)Cc1ccc(C(C)(C)C)cc1. The van der Waals surface area contributed by atoms with Crippen LogP contribution in [0.4, 0.5) is 5.69 Å². The third-order valence-corrected chi connectivity index (χ3v) is 5.18. The third kappa shape index (κ3) is 4.86. The van der Waals surface area contributed by atoms with E-state index in [-0.39, 0.29) is 17.1 Å². The number of nitrogens with one attached hydrogen (secondary N) is 1. The van der Waals surface area contributed by atoms with E-state index in [0.717, 1.165) is 6.54 Å². The lowest BCUT2D eigenvalue weighted by molar-refractivity contribution is -0.925. The molecule has 0 spiro atoms. The predicted octanol–water partition coefficient (Wildman–Crippen LogP) is 3.72. The molecule has 1 aromatic heterocycles. The van der Waals surface area contributed by atoms with Crippen molar-refractivity contribution in [1.29, 1.82) is 0 Å². The molecule has 1 N–H and O–H groups in total. The van der Waals surface area contributed by atoms with Crippen molar-refractivity contribution in [3.05, 3.63) is 75.7 Å². The molecule has 0 aliphatic rings. The average Bonchev–Trinajstić information content (AvgIpc) is 3.17. The van der Waals surface area contributed by atoms with Gasteiger partial charge in [-0.1, -0.05) is 45.0 Å². The number of rotatable bonds is 6. The number of aromatic nitrogens is 2. The van der Waals surface area contributed by atoms with Crippen LogP contribution in [0.5, 0.6) is 0 Å². The molecule has 2 atom stereocenters. The monoisotopic (exact) mass is 395 g/mol. The van der Waals surface area contributed by atoms with Crippen molar-refractivity contribution >= 4 is 5.69 Å². The van der Waals surface area contributed by atoms with E-state index in [9.17, 15) is 10.1 Å². The fourth-order valence-electron chi connectivity index (χ4n) is 3.06. The molecular weight excluding hydrogens is 368 g/mol. The van der Waals surface area contributed by atoms with E-state index in [0.29, 0.717) is 17.3 Å². The molecule has 0 bridgehead atoms. The Bertz CT molecular complexity index is 973.